The van der Waals surface area contributed by atoms with E-state index in [1.54, 1.807) is 11.8 Å². The van der Waals surface area contributed by atoms with Crippen molar-refractivity contribution in [1.29, 1.82) is 0 Å². The van der Waals surface area contributed by atoms with Gasteiger partial charge in [0.25, 0.3) is 0 Å². The molecule has 0 radical (unpaired) electrons. The average Bonchev–Trinajstić information content (AvgIpc) is 3.26. The first-order chi connectivity index (χ1) is 20.5. The zero-order valence-electron chi connectivity index (χ0n) is 30.1. The van der Waals surface area contributed by atoms with E-state index in [1.807, 2.05) is 13.8 Å². The lowest BCUT2D eigenvalue weighted by atomic mass is 9.77. The Morgan fingerprint density at radius 3 is 1.58 bits per heavy atom. The molecule has 0 aliphatic carbocycles. The molecule has 6 nitrogen and oxygen atoms in total. The van der Waals surface area contributed by atoms with Crippen molar-refractivity contribution in [3.8, 4) is 0 Å². The molecule has 0 saturated carbocycles. The maximum atomic E-state index is 7.01. The predicted molar refractivity (Wildman–Crippen MR) is 189 cm³/mol. The van der Waals surface area contributed by atoms with Crippen LogP contribution in [0.5, 0.6) is 0 Å². The van der Waals surface area contributed by atoms with Crippen molar-refractivity contribution in [3.63, 3.8) is 0 Å². The lowest BCUT2D eigenvalue weighted by molar-refractivity contribution is -0.209. The highest BCUT2D eigenvalue weighted by atomic mass is 32.2. The summed E-state index contributed by atoms with van der Waals surface area (Å²) < 4.78 is 39.8. The van der Waals surface area contributed by atoms with Gasteiger partial charge in [-0.25, -0.2) is 0 Å². The molecule has 2 saturated heterocycles. The molecule has 0 amide bonds. The summed E-state index contributed by atoms with van der Waals surface area (Å²) in [6, 6.07) is 9.26. The van der Waals surface area contributed by atoms with Crippen molar-refractivity contribution < 1.29 is 27.1 Å². The normalized spacial score (nSPS) is 24.1. The van der Waals surface area contributed by atoms with Crippen LogP contribution in [0.3, 0.4) is 0 Å². The zero-order valence-corrected chi connectivity index (χ0v) is 31.8. The average molecular weight is 659 g/mol. The first kappa shape index (κ1) is 34.9. The van der Waals surface area contributed by atoms with Crippen LogP contribution < -0.4 is 4.52 Å². The minimum Gasteiger partial charge on any atom is -0.399 e. The molecule has 250 valence electrons. The lowest BCUT2D eigenvalue weighted by Gasteiger charge is -2.27. The van der Waals surface area contributed by atoms with Gasteiger partial charge in [0.2, 0.25) is 0 Å². The first-order valence-electron chi connectivity index (χ1n) is 16.2. The van der Waals surface area contributed by atoms with Gasteiger partial charge >= 0.3 is 8.24 Å². The number of fused-ring (bicyclic) bond motifs is 4. The molecule has 1 aromatic heterocycles. The smallest absolute Gasteiger partial charge is 0.387 e. The van der Waals surface area contributed by atoms with E-state index in [0.717, 1.165) is 38.8 Å². The zero-order chi connectivity index (χ0) is 33.5. The molecule has 0 N–H and O–H groups in total. The highest BCUT2D eigenvalue weighted by Crippen LogP contribution is 2.47. The molecule has 3 heterocycles. The van der Waals surface area contributed by atoms with Crippen molar-refractivity contribution in [2.24, 2.45) is 0 Å². The number of hydrogen-bond acceptors (Lipinski definition) is 7. The van der Waals surface area contributed by atoms with Gasteiger partial charge < -0.3 is 22.6 Å². The Hall–Kier alpha value is -1.47. The molecule has 45 heavy (non-hydrogen) atoms. The second kappa shape index (κ2) is 11.6. The molecule has 2 aliphatic rings. The first-order valence-corrected chi connectivity index (χ1v) is 18.7. The van der Waals surface area contributed by atoms with E-state index in [2.05, 4.69) is 114 Å². The topological polar surface area (TPSA) is 63.2 Å². The molecular formula is C37H55O6PS. The lowest BCUT2D eigenvalue weighted by Crippen LogP contribution is -2.39. The molecule has 2 aromatic carbocycles. The fourth-order valence-electron chi connectivity index (χ4n) is 6.12. The molecule has 0 unspecified atom stereocenters. The molecule has 5 rings (SSSR count). The van der Waals surface area contributed by atoms with Crippen LogP contribution in [0.15, 0.2) is 32.7 Å². The van der Waals surface area contributed by atoms with E-state index in [9.17, 15) is 0 Å². The van der Waals surface area contributed by atoms with Gasteiger partial charge in [-0.15, -0.1) is 0 Å². The van der Waals surface area contributed by atoms with Crippen LogP contribution >= 0.6 is 20.0 Å². The van der Waals surface area contributed by atoms with Gasteiger partial charge in [0, 0.05) is 27.7 Å². The Bertz CT molecular complexity index is 1520. The van der Waals surface area contributed by atoms with Gasteiger partial charge in [0.05, 0.1) is 6.10 Å². The van der Waals surface area contributed by atoms with Gasteiger partial charge in [0.15, 0.2) is 12.1 Å². The third-order valence-corrected chi connectivity index (χ3v) is 10.5. The Balaban J connectivity index is 1.89. The van der Waals surface area contributed by atoms with Crippen molar-refractivity contribution in [1.82, 2.24) is 0 Å². The minimum atomic E-state index is -1.90. The minimum absolute atomic E-state index is 0.0636. The van der Waals surface area contributed by atoms with Crippen LogP contribution in [0.2, 0.25) is 0 Å². The summed E-state index contributed by atoms with van der Waals surface area (Å²) in [5, 5.41) is 2.10. The summed E-state index contributed by atoms with van der Waals surface area (Å²) in [4.78, 5) is 0. The second-order valence-electron chi connectivity index (χ2n) is 17.4. The Labute approximate surface area is 275 Å². The number of rotatable bonds is 4. The van der Waals surface area contributed by atoms with Gasteiger partial charge in [-0.05, 0) is 65.0 Å². The summed E-state index contributed by atoms with van der Waals surface area (Å²) >= 11 is 1.71. The fourth-order valence-corrected chi connectivity index (χ4v) is 7.98. The fraction of sp³-hybridized carbons (Fsp3) is 0.676. The quantitative estimate of drug-likeness (QED) is 0.276. The summed E-state index contributed by atoms with van der Waals surface area (Å²) in [6.45, 7) is 30.9. The molecule has 3 aromatic rings. The highest BCUT2D eigenvalue weighted by Gasteiger charge is 2.56. The Kier molecular flexibility index (Phi) is 8.98. The van der Waals surface area contributed by atoms with Gasteiger partial charge in [-0.2, -0.15) is 11.8 Å². The van der Waals surface area contributed by atoms with E-state index in [4.69, 9.17) is 27.1 Å². The summed E-state index contributed by atoms with van der Waals surface area (Å²) in [7, 11) is -1.90. The van der Waals surface area contributed by atoms with Crippen LogP contribution in [0, 0.1) is 0 Å². The van der Waals surface area contributed by atoms with Gasteiger partial charge in [-0.3, -0.25) is 4.52 Å². The third-order valence-electron chi connectivity index (χ3n) is 8.77. The SMILES string of the molecule is CSC[C@H]1O[C@@H]2OC(C)(C)O[C@@H]2[C@H]1Op1oc2c(C(C)(C)C)cc(C(C)(C)C)cc2c2cc(C(C)(C)C)cc(C(C)(C)C)c2o1. The third kappa shape index (κ3) is 7.05. The van der Waals surface area contributed by atoms with Gasteiger partial charge in [0.1, 0.15) is 23.4 Å². The number of hydrogen-bond donors (Lipinski definition) is 0. The summed E-state index contributed by atoms with van der Waals surface area (Å²) in [5.74, 6) is -0.0179. The van der Waals surface area contributed by atoms with E-state index in [-0.39, 0.29) is 33.9 Å². The van der Waals surface area contributed by atoms with E-state index >= 15 is 0 Å². The van der Waals surface area contributed by atoms with Crippen LogP contribution in [-0.4, -0.2) is 42.4 Å². The van der Waals surface area contributed by atoms with Crippen molar-refractivity contribution >= 4 is 41.9 Å². The monoisotopic (exact) mass is 658 g/mol. The van der Waals surface area contributed by atoms with Crippen LogP contribution in [-0.2, 0) is 35.9 Å². The number of benzene rings is 2. The van der Waals surface area contributed by atoms with Crippen LogP contribution in [0.25, 0.3) is 21.9 Å². The Morgan fingerprint density at radius 1 is 0.711 bits per heavy atom. The molecule has 0 bridgehead atoms. The number of ether oxygens (including phenoxy) is 3. The standard InChI is InChI=1S/C37H55O6PS/c1-33(2,3)21-16-23-24-17-22(34(4,5)6)19-26(36(10,11)12)29(24)42-44(41-28(23)25(18-21)35(7,8)9)43-30-27(20-45-15)38-32-31(30)39-37(13,14)40-32/h16-19,27,30-32H,20H2,1-15H3/t27-,30+,31-,32-/m1/s1. The molecule has 2 fully saturated rings. The molecule has 8 heteroatoms. The number of thioether (sulfide) groups is 1. The van der Waals surface area contributed by atoms with E-state index in [1.165, 1.54) is 11.1 Å². The maximum Gasteiger partial charge on any atom is 0.387 e. The van der Waals surface area contributed by atoms with Gasteiger partial charge in [-0.1, -0.05) is 95.2 Å². The van der Waals surface area contributed by atoms with E-state index < -0.39 is 26.4 Å². The molecular weight excluding hydrogens is 603 g/mol. The summed E-state index contributed by atoms with van der Waals surface area (Å²) in [6.07, 6.45) is 0.548. The van der Waals surface area contributed by atoms with Crippen LogP contribution in [0.1, 0.15) is 119 Å². The van der Waals surface area contributed by atoms with Crippen molar-refractivity contribution in [3.05, 3.63) is 46.5 Å². The highest BCUT2D eigenvalue weighted by molar-refractivity contribution is 7.98. The molecule has 2 aliphatic heterocycles. The maximum absolute atomic E-state index is 7.01. The molecule has 4 atom stereocenters. The Morgan fingerprint density at radius 2 is 1.18 bits per heavy atom. The summed E-state index contributed by atoms with van der Waals surface area (Å²) in [5.41, 5.74) is 5.94. The van der Waals surface area contributed by atoms with Crippen molar-refractivity contribution in [2.75, 3.05) is 12.0 Å². The van der Waals surface area contributed by atoms with Crippen molar-refractivity contribution in [2.45, 2.75) is 149 Å². The second-order valence-corrected chi connectivity index (χ2v) is 19.3. The van der Waals surface area contributed by atoms with E-state index in [0.29, 0.717) is 0 Å². The predicted octanol–water partition coefficient (Wildman–Crippen LogP) is 10.5. The largest absolute Gasteiger partial charge is 0.399 e. The van der Waals surface area contributed by atoms with Crippen LogP contribution in [0.4, 0.5) is 0 Å². The molecule has 0 spiro atoms.